The Morgan fingerprint density at radius 2 is 1.77 bits per heavy atom. The van der Waals surface area contributed by atoms with Crippen molar-refractivity contribution in [1.29, 1.82) is 0 Å². The molecule has 0 radical (unpaired) electrons. The molecule has 0 unspecified atom stereocenters. The Morgan fingerprint density at radius 1 is 1.00 bits per heavy atom. The third kappa shape index (κ3) is 4.60. The standard InChI is InChI=1S/C19H32N2O/c1-2-7-18-9-10-19(22-18)16-21-13-6-8-17(15-21)14-20-11-4-3-5-12-20/h9-10,17H,2-8,11-16H2,1H3/t17-/m1/s1. The van der Waals surface area contributed by atoms with Gasteiger partial charge in [0, 0.05) is 19.5 Å². The molecule has 0 aliphatic carbocycles. The predicted molar refractivity (Wildman–Crippen MR) is 91.0 cm³/mol. The van der Waals surface area contributed by atoms with Gasteiger partial charge < -0.3 is 9.32 Å². The highest BCUT2D eigenvalue weighted by atomic mass is 16.3. The van der Waals surface area contributed by atoms with Gasteiger partial charge in [0.1, 0.15) is 11.5 Å². The summed E-state index contributed by atoms with van der Waals surface area (Å²) in [5.41, 5.74) is 0. The molecule has 0 bridgehead atoms. The van der Waals surface area contributed by atoms with Crippen molar-refractivity contribution in [2.45, 2.75) is 58.4 Å². The van der Waals surface area contributed by atoms with Crippen LogP contribution in [0.5, 0.6) is 0 Å². The number of likely N-dealkylation sites (tertiary alicyclic amines) is 2. The van der Waals surface area contributed by atoms with E-state index in [4.69, 9.17) is 4.42 Å². The van der Waals surface area contributed by atoms with Crippen LogP contribution in [0.3, 0.4) is 0 Å². The maximum Gasteiger partial charge on any atom is 0.118 e. The number of rotatable bonds is 6. The zero-order valence-electron chi connectivity index (χ0n) is 14.2. The lowest BCUT2D eigenvalue weighted by atomic mass is 9.96. The number of hydrogen-bond acceptors (Lipinski definition) is 3. The highest BCUT2D eigenvalue weighted by Crippen LogP contribution is 2.22. The Morgan fingerprint density at radius 3 is 2.59 bits per heavy atom. The highest BCUT2D eigenvalue weighted by Gasteiger charge is 2.23. The number of piperidine rings is 2. The highest BCUT2D eigenvalue weighted by molar-refractivity contribution is 5.07. The van der Waals surface area contributed by atoms with Gasteiger partial charge in [-0.3, -0.25) is 4.90 Å². The van der Waals surface area contributed by atoms with Crippen molar-refractivity contribution in [3.05, 3.63) is 23.7 Å². The largest absolute Gasteiger partial charge is 0.465 e. The Bertz CT molecular complexity index is 436. The molecular formula is C19H32N2O. The number of nitrogens with zero attached hydrogens (tertiary/aromatic N) is 2. The summed E-state index contributed by atoms with van der Waals surface area (Å²) >= 11 is 0. The minimum absolute atomic E-state index is 0.858. The quantitative estimate of drug-likeness (QED) is 0.794. The summed E-state index contributed by atoms with van der Waals surface area (Å²) in [6.45, 7) is 9.67. The molecule has 3 rings (SSSR count). The lowest BCUT2D eigenvalue weighted by Crippen LogP contribution is -2.42. The SMILES string of the molecule is CCCc1ccc(CN2CCC[C@H](CN3CCCCC3)C2)o1. The van der Waals surface area contributed by atoms with Crippen LogP contribution < -0.4 is 0 Å². The molecule has 3 nitrogen and oxygen atoms in total. The van der Waals surface area contributed by atoms with Crippen LogP contribution in [0, 0.1) is 5.92 Å². The molecule has 1 atom stereocenters. The molecule has 22 heavy (non-hydrogen) atoms. The molecule has 0 spiro atoms. The summed E-state index contributed by atoms with van der Waals surface area (Å²) < 4.78 is 5.96. The molecule has 2 fully saturated rings. The Balaban J connectivity index is 1.47. The minimum Gasteiger partial charge on any atom is -0.465 e. The van der Waals surface area contributed by atoms with Crippen LogP contribution in [-0.2, 0) is 13.0 Å². The lowest BCUT2D eigenvalue weighted by Gasteiger charge is -2.36. The fourth-order valence-corrected chi connectivity index (χ4v) is 4.06. The van der Waals surface area contributed by atoms with Crippen LogP contribution in [0.25, 0.3) is 0 Å². The first-order valence-electron chi connectivity index (χ1n) is 9.36. The van der Waals surface area contributed by atoms with Crippen molar-refractivity contribution >= 4 is 0 Å². The molecule has 2 saturated heterocycles. The van der Waals surface area contributed by atoms with E-state index in [1.54, 1.807) is 0 Å². The number of hydrogen-bond donors (Lipinski definition) is 0. The van der Waals surface area contributed by atoms with Gasteiger partial charge in [0.2, 0.25) is 0 Å². The molecule has 0 saturated carbocycles. The van der Waals surface area contributed by atoms with Crippen molar-refractivity contribution in [2.24, 2.45) is 5.92 Å². The first-order chi connectivity index (χ1) is 10.8. The van der Waals surface area contributed by atoms with Crippen LogP contribution in [0.15, 0.2) is 16.5 Å². The smallest absolute Gasteiger partial charge is 0.118 e. The van der Waals surface area contributed by atoms with E-state index in [0.29, 0.717) is 0 Å². The topological polar surface area (TPSA) is 19.6 Å². The molecule has 2 aliphatic heterocycles. The first-order valence-corrected chi connectivity index (χ1v) is 9.36. The Labute approximate surface area is 135 Å². The molecule has 0 aromatic carbocycles. The minimum atomic E-state index is 0.858. The van der Waals surface area contributed by atoms with E-state index in [1.807, 2.05) is 0 Å². The van der Waals surface area contributed by atoms with Gasteiger partial charge in [-0.2, -0.15) is 0 Å². The van der Waals surface area contributed by atoms with Gasteiger partial charge in [0.15, 0.2) is 0 Å². The van der Waals surface area contributed by atoms with Crippen LogP contribution >= 0.6 is 0 Å². The van der Waals surface area contributed by atoms with Crippen molar-refractivity contribution in [2.75, 3.05) is 32.7 Å². The summed E-state index contributed by atoms with van der Waals surface area (Å²) in [4.78, 5) is 5.30. The van der Waals surface area contributed by atoms with Crippen molar-refractivity contribution in [3.63, 3.8) is 0 Å². The van der Waals surface area contributed by atoms with Gasteiger partial charge in [-0.25, -0.2) is 0 Å². The molecule has 3 heteroatoms. The predicted octanol–water partition coefficient (Wildman–Crippen LogP) is 3.93. The lowest BCUT2D eigenvalue weighted by molar-refractivity contribution is 0.113. The molecule has 1 aromatic heterocycles. The maximum atomic E-state index is 5.96. The summed E-state index contributed by atoms with van der Waals surface area (Å²) in [6.07, 6.45) is 9.23. The van der Waals surface area contributed by atoms with E-state index >= 15 is 0 Å². The monoisotopic (exact) mass is 304 g/mol. The zero-order valence-corrected chi connectivity index (χ0v) is 14.2. The molecule has 124 valence electrons. The second-order valence-corrected chi connectivity index (χ2v) is 7.22. The second kappa shape index (κ2) is 8.16. The third-order valence-electron chi connectivity index (χ3n) is 5.16. The molecule has 2 aliphatic rings. The Hall–Kier alpha value is -0.800. The van der Waals surface area contributed by atoms with Gasteiger partial charge in [-0.15, -0.1) is 0 Å². The van der Waals surface area contributed by atoms with E-state index in [0.717, 1.165) is 36.8 Å². The average Bonchev–Trinajstić information content (AvgIpc) is 2.96. The molecular weight excluding hydrogens is 272 g/mol. The van der Waals surface area contributed by atoms with Gasteiger partial charge in [0.05, 0.1) is 6.54 Å². The van der Waals surface area contributed by atoms with Gasteiger partial charge in [-0.1, -0.05) is 13.3 Å². The van der Waals surface area contributed by atoms with Crippen LogP contribution in [-0.4, -0.2) is 42.5 Å². The first kappa shape index (κ1) is 16.1. The maximum absolute atomic E-state index is 5.96. The molecule has 0 amide bonds. The van der Waals surface area contributed by atoms with Crippen molar-refractivity contribution in [3.8, 4) is 0 Å². The normalized spacial score (nSPS) is 24.7. The van der Waals surface area contributed by atoms with Gasteiger partial charge in [0.25, 0.3) is 0 Å². The van der Waals surface area contributed by atoms with Gasteiger partial charge in [-0.05, 0) is 69.8 Å². The van der Waals surface area contributed by atoms with Crippen LogP contribution in [0.4, 0.5) is 0 Å². The number of furan rings is 1. The van der Waals surface area contributed by atoms with E-state index in [2.05, 4.69) is 28.9 Å². The summed E-state index contributed by atoms with van der Waals surface area (Å²) in [5, 5.41) is 0. The van der Waals surface area contributed by atoms with Gasteiger partial charge >= 0.3 is 0 Å². The fraction of sp³-hybridized carbons (Fsp3) is 0.789. The third-order valence-corrected chi connectivity index (χ3v) is 5.16. The summed E-state index contributed by atoms with van der Waals surface area (Å²) in [7, 11) is 0. The fourth-order valence-electron chi connectivity index (χ4n) is 4.06. The Kier molecular flexibility index (Phi) is 5.96. The van der Waals surface area contributed by atoms with E-state index < -0.39 is 0 Å². The van der Waals surface area contributed by atoms with Crippen LogP contribution in [0.2, 0.25) is 0 Å². The molecule has 0 N–H and O–H groups in total. The van der Waals surface area contributed by atoms with E-state index in [-0.39, 0.29) is 0 Å². The zero-order chi connectivity index (χ0) is 15.2. The van der Waals surface area contributed by atoms with Crippen LogP contribution in [0.1, 0.15) is 57.0 Å². The van der Waals surface area contributed by atoms with E-state index in [1.165, 1.54) is 64.8 Å². The second-order valence-electron chi connectivity index (χ2n) is 7.22. The van der Waals surface area contributed by atoms with E-state index in [9.17, 15) is 0 Å². The summed E-state index contributed by atoms with van der Waals surface area (Å²) in [6, 6.07) is 4.34. The average molecular weight is 304 g/mol. The molecule has 3 heterocycles. The summed E-state index contributed by atoms with van der Waals surface area (Å²) in [5.74, 6) is 3.17. The number of aryl methyl sites for hydroxylation is 1. The van der Waals surface area contributed by atoms with Crippen molar-refractivity contribution in [1.82, 2.24) is 9.80 Å². The van der Waals surface area contributed by atoms with Crippen molar-refractivity contribution < 1.29 is 4.42 Å². The molecule has 1 aromatic rings.